The molecule has 8 heteroatoms. The molecule has 0 spiro atoms. The van der Waals surface area contributed by atoms with Gasteiger partial charge >= 0.3 is 0 Å². The van der Waals surface area contributed by atoms with Gasteiger partial charge in [0.1, 0.15) is 12.7 Å². The maximum absolute atomic E-state index is 13.1. The lowest BCUT2D eigenvalue weighted by Crippen LogP contribution is -2.46. The fourth-order valence-corrected chi connectivity index (χ4v) is 6.26. The molecule has 7 nitrogen and oxygen atoms in total. The van der Waals surface area contributed by atoms with E-state index in [0.717, 1.165) is 24.8 Å². The number of aryl methyl sites for hydroxylation is 2. The zero-order valence-corrected chi connectivity index (χ0v) is 18.8. The molecule has 1 fully saturated rings. The summed E-state index contributed by atoms with van der Waals surface area (Å²) in [6.07, 6.45) is 3.85. The van der Waals surface area contributed by atoms with Crippen LogP contribution < -0.4 is 14.8 Å². The monoisotopic (exact) mass is 456 g/mol. The molecule has 1 saturated heterocycles. The normalized spacial score (nSPS) is 21.2. The number of benzene rings is 2. The number of hydrogen-bond donors (Lipinski definition) is 1. The number of sulfonamides is 1. The van der Waals surface area contributed by atoms with Gasteiger partial charge < -0.3 is 14.8 Å². The van der Waals surface area contributed by atoms with Gasteiger partial charge in [-0.2, -0.15) is 4.31 Å². The van der Waals surface area contributed by atoms with E-state index in [9.17, 15) is 13.2 Å². The Bertz CT molecular complexity index is 1110. The third-order valence-electron chi connectivity index (χ3n) is 6.60. The molecule has 0 bridgehead atoms. The number of piperidine rings is 1. The number of amides is 1. The highest BCUT2D eigenvalue weighted by molar-refractivity contribution is 7.89. The average Bonchev–Trinajstić information content (AvgIpc) is 3.30. The molecule has 5 rings (SSSR count). The lowest BCUT2D eigenvalue weighted by molar-refractivity contribution is -0.126. The molecule has 1 aliphatic carbocycles. The fourth-order valence-electron chi connectivity index (χ4n) is 4.74. The first-order valence-corrected chi connectivity index (χ1v) is 12.7. The highest BCUT2D eigenvalue weighted by Gasteiger charge is 2.33. The molecule has 0 saturated carbocycles. The van der Waals surface area contributed by atoms with Crippen molar-refractivity contribution in [2.45, 2.75) is 43.1 Å². The maximum Gasteiger partial charge on any atom is 0.243 e. The van der Waals surface area contributed by atoms with Crippen molar-refractivity contribution in [2.75, 3.05) is 26.2 Å². The first kappa shape index (κ1) is 21.3. The van der Waals surface area contributed by atoms with Crippen LogP contribution in [0.2, 0.25) is 0 Å². The van der Waals surface area contributed by atoms with Crippen molar-refractivity contribution < 1.29 is 22.7 Å². The second kappa shape index (κ2) is 8.75. The lowest BCUT2D eigenvalue weighted by Gasteiger charge is -2.31. The summed E-state index contributed by atoms with van der Waals surface area (Å²) < 4.78 is 39.3. The molecular weight excluding hydrogens is 428 g/mol. The summed E-state index contributed by atoms with van der Waals surface area (Å²) in [7, 11) is -3.53. The van der Waals surface area contributed by atoms with Gasteiger partial charge in [0.2, 0.25) is 15.9 Å². The highest BCUT2D eigenvalue weighted by Crippen LogP contribution is 2.31. The molecule has 0 radical (unpaired) electrons. The molecule has 1 atom stereocenters. The van der Waals surface area contributed by atoms with Gasteiger partial charge in [0.15, 0.2) is 11.5 Å². The average molecular weight is 457 g/mol. The second-order valence-corrected chi connectivity index (χ2v) is 10.6. The van der Waals surface area contributed by atoms with Crippen LogP contribution in [0, 0.1) is 5.92 Å². The fraction of sp³-hybridized carbons (Fsp3) is 0.458. The summed E-state index contributed by atoms with van der Waals surface area (Å²) in [6, 6.07) is 13.0. The number of rotatable bonds is 5. The first-order valence-electron chi connectivity index (χ1n) is 11.3. The van der Waals surface area contributed by atoms with Crippen LogP contribution in [-0.2, 0) is 27.7 Å². The van der Waals surface area contributed by atoms with Crippen LogP contribution in [0.15, 0.2) is 47.4 Å². The third-order valence-corrected chi connectivity index (χ3v) is 8.50. The minimum absolute atomic E-state index is 0.0537. The van der Waals surface area contributed by atoms with Crippen LogP contribution >= 0.6 is 0 Å². The molecule has 2 heterocycles. The molecule has 0 aromatic heterocycles. The van der Waals surface area contributed by atoms with Crippen LogP contribution in [-0.4, -0.2) is 51.0 Å². The van der Waals surface area contributed by atoms with Crippen LogP contribution in [0.1, 0.15) is 30.4 Å². The van der Waals surface area contributed by atoms with E-state index in [0.29, 0.717) is 55.5 Å². The van der Waals surface area contributed by atoms with Gasteiger partial charge in [-0.15, -0.1) is 0 Å². The van der Waals surface area contributed by atoms with Gasteiger partial charge in [-0.3, -0.25) is 4.79 Å². The number of carbonyl (C=O) groups is 1. The lowest BCUT2D eigenvalue weighted by atomic mass is 9.97. The number of para-hydroxylation sites is 2. The number of nitrogens with zero attached hydrogens (tertiary/aromatic N) is 1. The first-order chi connectivity index (χ1) is 15.5. The zero-order chi connectivity index (χ0) is 22.1. The highest BCUT2D eigenvalue weighted by atomic mass is 32.2. The third kappa shape index (κ3) is 4.21. The van der Waals surface area contributed by atoms with E-state index in [-0.39, 0.29) is 17.9 Å². The molecule has 0 unspecified atom stereocenters. The Hall–Kier alpha value is -2.58. The maximum atomic E-state index is 13.1. The Labute approximate surface area is 188 Å². The van der Waals surface area contributed by atoms with E-state index in [4.69, 9.17) is 9.47 Å². The SMILES string of the molecule is O=C(NC[C@@H]1COc2ccccc2O1)C1CCN(S(=O)(=O)c2ccc3c(c2)CCC3)CC1. The molecule has 3 aliphatic rings. The summed E-state index contributed by atoms with van der Waals surface area (Å²) in [4.78, 5) is 13.0. The Balaban J connectivity index is 1.13. The minimum Gasteiger partial charge on any atom is -0.486 e. The van der Waals surface area contributed by atoms with Crippen molar-refractivity contribution in [1.82, 2.24) is 9.62 Å². The van der Waals surface area contributed by atoms with E-state index in [1.165, 1.54) is 9.87 Å². The Morgan fingerprint density at radius 1 is 1.03 bits per heavy atom. The smallest absolute Gasteiger partial charge is 0.243 e. The van der Waals surface area contributed by atoms with Crippen molar-refractivity contribution in [1.29, 1.82) is 0 Å². The molecule has 32 heavy (non-hydrogen) atoms. The molecule has 170 valence electrons. The van der Waals surface area contributed by atoms with E-state index >= 15 is 0 Å². The van der Waals surface area contributed by atoms with Crippen LogP contribution in [0.4, 0.5) is 0 Å². The molecule has 1 amide bonds. The topological polar surface area (TPSA) is 84.9 Å². The Morgan fingerprint density at radius 2 is 1.78 bits per heavy atom. The number of nitrogens with one attached hydrogen (secondary N) is 1. The molecule has 2 aromatic rings. The summed E-state index contributed by atoms with van der Waals surface area (Å²) in [5, 5.41) is 2.95. The summed E-state index contributed by atoms with van der Waals surface area (Å²) >= 11 is 0. The standard InChI is InChI=1S/C24H28N2O5S/c27-24(25-15-20-16-30-22-6-1-2-7-23(22)31-20)18-10-12-26(13-11-18)32(28,29)21-9-8-17-4-3-5-19(17)14-21/h1-2,6-9,14,18,20H,3-5,10-13,15-16H2,(H,25,27)/t20-/m1/s1. The number of carbonyl (C=O) groups excluding carboxylic acids is 1. The Morgan fingerprint density at radius 3 is 2.59 bits per heavy atom. The van der Waals surface area contributed by atoms with Gasteiger partial charge in [0.05, 0.1) is 11.4 Å². The van der Waals surface area contributed by atoms with Gasteiger partial charge in [-0.1, -0.05) is 18.2 Å². The van der Waals surface area contributed by atoms with Gasteiger partial charge in [-0.05, 0) is 67.5 Å². The van der Waals surface area contributed by atoms with E-state index in [2.05, 4.69) is 5.32 Å². The Kier molecular flexibility index (Phi) is 5.82. The quantitative estimate of drug-likeness (QED) is 0.748. The number of ether oxygens (including phenoxy) is 2. The van der Waals surface area contributed by atoms with Gasteiger partial charge in [0, 0.05) is 19.0 Å². The van der Waals surface area contributed by atoms with E-state index in [1.807, 2.05) is 36.4 Å². The predicted octanol–water partition coefficient (Wildman–Crippen LogP) is 2.53. The summed E-state index contributed by atoms with van der Waals surface area (Å²) in [5.41, 5.74) is 2.41. The van der Waals surface area contributed by atoms with Crippen molar-refractivity contribution >= 4 is 15.9 Å². The molecule has 2 aromatic carbocycles. The second-order valence-electron chi connectivity index (χ2n) is 8.71. The van der Waals surface area contributed by atoms with E-state index < -0.39 is 10.0 Å². The van der Waals surface area contributed by atoms with Crippen molar-refractivity contribution in [3.05, 3.63) is 53.6 Å². The van der Waals surface area contributed by atoms with Crippen LogP contribution in [0.5, 0.6) is 11.5 Å². The summed E-state index contributed by atoms with van der Waals surface area (Å²) in [5.74, 6) is 1.15. The molecule has 1 N–H and O–H groups in total. The largest absolute Gasteiger partial charge is 0.486 e. The molecular formula is C24H28N2O5S. The number of fused-ring (bicyclic) bond motifs is 2. The van der Waals surface area contributed by atoms with Crippen molar-refractivity contribution in [3.63, 3.8) is 0 Å². The molecule has 2 aliphatic heterocycles. The zero-order valence-electron chi connectivity index (χ0n) is 18.0. The van der Waals surface area contributed by atoms with Gasteiger partial charge in [-0.25, -0.2) is 8.42 Å². The van der Waals surface area contributed by atoms with Crippen molar-refractivity contribution in [3.8, 4) is 11.5 Å². The predicted molar refractivity (Wildman–Crippen MR) is 119 cm³/mol. The number of hydrogen-bond acceptors (Lipinski definition) is 5. The van der Waals surface area contributed by atoms with Crippen molar-refractivity contribution in [2.24, 2.45) is 5.92 Å². The minimum atomic E-state index is -3.53. The van der Waals surface area contributed by atoms with E-state index in [1.54, 1.807) is 6.07 Å². The summed E-state index contributed by atoms with van der Waals surface area (Å²) in [6.45, 7) is 1.46. The van der Waals surface area contributed by atoms with Gasteiger partial charge in [0.25, 0.3) is 0 Å². The van der Waals surface area contributed by atoms with Crippen LogP contribution in [0.25, 0.3) is 0 Å². The van der Waals surface area contributed by atoms with Crippen LogP contribution in [0.3, 0.4) is 0 Å².